The van der Waals surface area contributed by atoms with Gasteiger partial charge >= 0.3 is 0 Å². The van der Waals surface area contributed by atoms with E-state index in [1.807, 2.05) is 19.1 Å². The minimum atomic E-state index is 0.678. The van der Waals surface area contributed by atoms with Crippen LogP contribution in [0.4, 0.5) is 0 Å². The van der Waals surface area contributed by atoms with Crippen LogP contribution in [0.2, 0.25) is 10.0 Å². The highest BCUT2D eigenvalue weighted by molar-refractivity contribution is 6.36. The third kappa shape index (κ3) is 3.62. The van der Waals surface area contributed by atoms with Crippen molar-refractivity contribution in [2.75, 3.05) is 0 Å². The molecule has 0 bridgehead atoms. The summed E-state index contributed by atoms with van der Waals surface area (Å²) < 4.78 is 0. The summed E-state index contributed by atoms with van der Waals surface area (Å²) in [6.07, 6.45) is 5.15. The smallest absolute Gasteiger partial charge is 0.0493 e. The van der Waals surface area contributed by atoms with Crippen LogP contribution in [0.1, 0.15) is 29.2 Å². The van der Waals surface area contributed by atoms with Gasteiger partial charge in [0.25, 0.3) is 0 Å². The Morgan fingerprint density at radius 3 is 2.26 bits per heavy atom. The van der Waals surface area contributed by atoms with E-state index < -0.39 is 0 Å². The van der Waals surface area contributed by atoms with Crippen LogP contribution in [-0.2, 0) is 6.42 Å². The van der Waals surface area contributed by atoms with E-state index in [0.717, 1.165) is 17.5 Å². The Morgan fingerprint density at radius 2 is 1.63 bits per heavy atom. The molecule has 0 fully saturated rings. The molecular formula is C17H16Cl2. The molecule has 2 aromatic rings. The first kappa shape index (κ1) is 14.2. The lowest BCUT2D eigenvalue weighted by molar-refractivity contribution is 1.14. The predicted octanol–water partition coefficient (Wildman–Crippen LogP) is 6.03. The highest BCUT2D eigenvalue weighted by Crippen LogP contribution is 2.26. The summed E-state index contributed by atoms with van der Waals surface area (Å²) in [5.74, 6) is 0. The normalized spacial score (nSPS) is 11.2. The Hall–Kier alpha value is -1.24. The van der Waals surface area contributed by atoms with Gasteiger partial charge in [0.2, 0.25) is 0 Å². The molecule has 0 unspecified atom stereocenters. The molecule has 0 atom stereocenters. The molecule has 0 amide bonds. The van der Waals surface area contributed by atoms with Crippen molar-refractivity contribution in [3.8, 4) is 0 Å². The molecule has 19 heavy (non-hydrogen) atoms. The summed E-state index contributed by atoms with van der Waals surface area (Å²) >= 11 is 12.2. The fourth-order valence-corrected chi connectivity index (χ4v) is 2.30. The fourth-order valence-electron chi connectivity index (χ4n) is 1.86. The van der Waals surface area contributed by atoms with Crippen LogP contribution in [0, 0.1) is 6.92 Å². The highest BCUT2D eigenvalue weighted by Gasteiger charge is 2.01. The molecule has 0 aliphatic rings. The van der Waals surface area contributed by atoms with E-state index in [9.17, 15) is 0 Å². The second-order valence-electron chi connectivity index (χ2n) is 4.55. The number of benzene rings is 2. The van der Waals surface area contributed by atoms with Gasteiger partial charge in [0, 0.05) is 10.0 Å². The van der Waals surface area contributed by atoms with Gasteiger partial charge < -0.3 is 0 Å². The Kier molecular flexibility index (Phi) is 4.68. The summed E-state index contributed by atoms with van der Waals surface area (Å²) in [7, 11) is 0. The number of hydrogen-bond acceptors (Lipinski definition) is 0. The van der Waals surface area contributed by atoms with Gasteiger partial charge in [0.1, 0.15) is 0 Å². The maximum atomic E-state index is 6.18. The first-order chi connectivity index (χ1) is 9.10. The van der Waals surface area contributed by atoms with Gasteiger partial charge in [-0.05, 0) is 47.7 Å². The SMILES string of the molecule is CCc1ccc(/C=C/c2cc(C)c(Cl)cc2Cl)cc1. The molecule has 0 heterocycles. The Labute approximate surface area is 124 Å². The standard InChI is InChI=1S/C17H16Cl2/c1-3-13-4-6-14(7-5-13)8-9-15-10-12(2)16(18)11-17(15)19/h4-11H,3H2,1-2H3/b9-8+. The Morgan fingerprint density at radius 1 is 0.947 bits per heavy atom. The lowest BCUT2D eigenvalue weighted by atomic mass is 10.1. The second kappa shape index (κ2) is 6.27. The van der Waals surface area contributed by atoms with Crippen molar-refractivity contribution in [3.05, 3.63) is 68.7 Å². The summed E-state index contributed by atoms with van der Waals surface area (Å²) in [6, 6.07) is 12.3. The van der Waals surface area contributed by atoms with Gasteiger partial charge in [-0.1, -0.05) is 66.5 Å². The molecule has 0 saturated carbocycles. The lowest BCUT2D eigenvalue weighted by Crippen LogP contribution is -1.82. The van der Waals surface area contributed by atoms with Gasteiger partial charge in [-0.2, -0.15) is 0 Å². The molecule has 2 aromatic carbocycles. The third-order valence-corrected chi connectivity index (χ3v) is 3.86. The maximum absolute atomic E-state index is 6.18. The molecule has 0 spiro atoms. The molecule has 0 aliphatic carbocycles. The fraction of sp³-hybridized carbons (Fsp3) is 0.176. The highest BCUT2D eigenvalue weighted by atomic mass is 35.5. The largest absolute Gasteiger partial charge is 0.0840 e. The van der Waals surface area contributed by atoms with Crippen LogP contribution in [0.15, 0.2) is 36.4 Å². The number of hydrogen-bond donors (Lipinski definition) is 0. The van der Waals surface area contributed by atoms with E-state index in [2.05, 4.69) is 37.3 Å². The van der Waals surface area contributed by atoms with E-state index in [1.165, 1.54) is 11.1 Å². The monoisotopic (exact) mass is 290 g/mol. The lowest BCUT2D eigenvalue weighted by Gasteiger charge is -2.03. The van der Waals surface area contributed by atoms with Crippen molar-refractivity contribution in [1.82, 2.24) is 0 Å². The van der Waals surface area contributed by atoms with Gasteiger partial charge in [-0.3, -0.25) is 0 Å². The van der Waals surface area contributed by atoms with Crippen molar-refractivity contribution in [1.29, 1.82) is 0 Å². The van der Waals surface area contributed by atoms with E-state index in [4.69, 9.17) is 23.2 Å². The Balaban J connectivity index is 2.24. The average Bonchev–Trinajstić information content (AvgIpc) is 2.42. The minimum Gasteiger partial charge on any atom is -0.0840 e. The molecule has 0 N–H and O–H groups in total. The Bertz CT molecular complexity index is 595. The van der Waals surface area contributed by atoms with E-state index >= 15 is 0 Å². The van der Waals surface area contributed by atoms with Gasteiger partial charge in [-0.25, -0.2) is 0 Å². The molecule has 98 valence electrons. The summed E-state index contributed by atoms with van der Waals surface area (Å²) in [5, 5.41) is 1.38. The first-order valence-electron chi connectivity index (χ1n) is 6.33. The van der Waals surface area contributed by atoms with Crippen molar-refractivity contribution in [2.24, 2.45) is 0 Å². The van der Waals surface area contributed by atoms with Gasteiger partial charge in [-0.15, -0.1) is 0 Å². The predicted molar refractivity (Wildman–Crippen MR) is 85.9 cm³/mol. The molecular weight excluding hydrogens is 275 g/mol. The minimum absolute atomic E-state index is 0.678. The maximum Gasteiger partial charge on any atom is 0.0493 e. The van der Waals surface area contributed by atoms with Crippen molar-refractivity contribution in [3.63, 3.8) is 0 Å². The molecule has 2 heteroatoms. The zero-order valence-electron chi connectivity index (χ0n) is 11.1. The van der Waals surface area contributed by atoms with Crippen molar-refractivity contribution < 1.29 is 0 Å². The van der Waals surface area contributed by atoms with Crippen molar-refractivity contribution >= 4 is 35.4 Å². The van der Waals surface area contributed by atoms with Crippen LogP contribution in [-0.4, -0.2) is 0 Å². The summed E-state index contributed by atoms with van der Waals surface area (Å²) in [5.41, 5.74) is 4.54. The van der Waals surface area contributed by atoms with Crippen LogP contribution < -0.4 is 0 Å². The zero-order valence-corrected chi connectivity index (χ0v) is 12.6. The molecule has 0 aromatic heterocycles. The van der Waals surface area contributed by atoms with E-state index in [1.54, 1.807) is 6.07 Å². The summed E-state index contributed by atoms with van der Waals surface area (Å²) in [4.78, 5) is 0. The number of halogens is 2. The molecule has 0 aliphatic heterocycles. The molecule has 0 saturated heterocycles. The molecule has 0 radical (unpaired) electrons. The summed E-state index contributed by atoms with van der Waals surface area (Å²) in [6.45, 7) is 4.13. The average molecular weight is 291 g/mol. The van der Waals surface area contributed by atoms with Crippen LogP contribution in [0.5, 0.6) is 0 Å². The van der Waals surface area contributed by atoms with E-state index in [-0.39, 0.29) is 0 Å². The zero-order chi connectivity index (χ0) is 13.8. The second-order valence-corrected chi connectivity index (χ2v) is 5.37. The molecule has 0 nitrogen and oxygen atoms in total. The van der Waals surface area contributed by atoms with E-state index in [0.29, 0.717) is 10.0 Å². The number of aryl methyl sites for hydroxylation is 2. The van der Waals surface area contributed by atoms with Crippen molar-refractivity contribution in [2.45, 2.75) is 20.3 Å². The van der Waals surface area contributed by atoms with Crippen LogP contribution >= 0.6 is 23.2 Å². The van der Waals surface area contributed by atoms with Gasteiger partial charge in [0.05, 0.1) is 0 Å². The molecule has 2 rings (SSSR count). The third-order valence-electron chi connectivity index (χ3n) is 3.12. The topological polar surface area (TPSA) is 0 Å². The van der Waals surface area contributed by atoms with Crippen LogP contribution in [0.25, 0.3) is 12.2 Å². The number of rotatable bonds is 3. The van der Waals surface area contributed by atoms with Crippen LogP contribution in [0.3, 0.4) is 0 Å². The first-order valence-corrected chi connectivity index (χ1v) is 7.08. The van der Waals surface area contributed by atoms with Gasteiger partial charge in [0.15, 0.2) is 0 Å². The quantitative estimate of drug-likeness (QED) is 0.605.